The second-order valence-corrected chi connectivity index (χ2v) is 5.78. The zero-order valence-corrected chi connectivity index (χ0v) is 13.7. The first kappa shape index (κ1) is 16.6. The smallest absolute Gasteiger partial charge is 0.261 e. The van der Waals surface area contributed by atoms with Gasteiger partial charge < -0.3 is 19.7 Å². The van der Waals surface area contributed by atoms with Crippen molar-refractivity contribution in [3.63, 3.8) is 0 Å². The summed E-state index contributed by atoms with van der Waals surface area (Å²) in [5.41, 5.74) is 0. The normalized spacial score (nSPS) is 17.8. The van der Waals surface area contributed by atoms with Gasteiger partial charge in [0.25, 0.3) is 5.91 Å². The Kier molecular flexibility index (Phi) is 6.07. The van der Waals surface area contributed by atoms with Gasteiger partial charge in [-0.3, -0.25) is 4.79 Å². The van der Waals surface area contributed by atoms with E-state index in [-0.39, 0.29) is 11.9 Å². The predicted octanol–water partition coefficient (Wildman–Crippen LogP) is 2.06. The highest BCUT2D eigenvalue weighted by molar-refractivity contribution is 5.81. The first-order valence-corrected chi connectivity index (χ1v) is 7.92. The molecule has 1 aromatic rings. The molecule has 1 aromatic carbocycles. The van der Waals surface area contributed by atoms with Crippen LogP contribution in [0.25, 0.3) is 0 Å². The number of nitrogens with one attached hydrogen (secondary N) is 1. The molecule has 1 heterocycles. The van der Waals surface area contributed by atoms with E-state index in [0.717, 1.165) is 31.7 Å². The number of methoxy groups -OCH3 is 1. The third kappa shape index (κ3) is 4.63. The van der Waals surface area contributed by atoms with Gasteiger partial charge in [0.2, 0.25) is 0 Å². The number of nitrogens with zero attached hydrogens (tertiary/aromatic N) is 1. The Balaban J connectivity index is 1.88. The lowest BCUT2D eigenvalue weighted by molar-refractivity contribution is -0.129. The fourth-order valence-electron chi connectivity index (χ4n) is 2.59. The fourth-order valence-corrected chi connectivity index (χ4v) is 2.59. The maximum Gasteiger partial charge on any atom is 0.261 e. The molecule has 1 fully saturated rings. The molecule has 0 radical (unpaired) electrons. The van der Waals surface area contributed by atoms with Gasteiger partial charge in [-0.1, -0.05) is 6.92 Å². The van der Waals surface area contributed by atoms with Gasteiger partial charge >= 0.3 is 0 Å². The molecular formula is C17H26N2O3. The molecule has 1 aliphatic heterocycles. The number of amides is 1. The number of carbonyl (C=O) groups is 1. The van der Waals surface area contributed by atoms with Crippen molar-refractivity contribution in [1.82, 2.24) is 10.2 Å². The minimum Gasteiger partial charge on any atom is -0.497 e. The Morgan fingerprint density at radius 2 is 1.86 bits per heavy atom. The van der Waals surface area contributed by atoms with Gasteiger partial charge in [0.1, 0.15) is 11.5 Å². The number of benzene rings is 1. The third-order valence-electron chi connectivity index (χ3n) is 4.07. The molecule has 0 aromatic heterocycles. The molecule has 5 heteroatoms. The molecule has 122 valence electrons. The summed E-state index contributed by atoms with van der Waals surface area (Å²) in [6.07, 6.45) is 2.19. The van der Waals surface area contributed by atoms with Crippen molar-refractivity contribution in [2.75, 3.05) is 27.2 Å². The van der Waals surface area contributed by atoms with Crippen LogP contribution in [0, 0.1) is 0 Å². The number of rotatable bonds is 6. The summed E-state index contributed by atoms with van der Waals surface area (Å²) in [4.78, 5) is 14.7. The largest absolute Gasteiger partial charge is 0.497 e. The monoisotopic (exact) mass is 306 g/mol. The van der Waals surface area contributed by atoms with E-state index >= 15 is 0 Å². The number of piperidine rings is 1. The van der Waals surface area contributed by atoms with Crippen LogP contribution in [0.3, 0.4) is 0 Å². The van der Waals surface area contributed by atoms with Crippen LogP contribution in [0.2, 0.25) is 0 Å². The Morgan fingerprint density at radius 3 is 2.41 bits per heavy atom. The van der Waals surface area contributed by atoms with E-state index in [2.05, 4.69) is 17.3 Å². The van der Waals surface area contributed by atoms with E-state index in [0.29, 0.717) is 12.2 Å². The molecule has 1 aliphatic rings. The summed E-state index contributed by atoms with van der Waals surface area (Å²) >= 11 is 0. The summed E-state index contributed by atoms with van der Waals surface area (Å²) in [6, 6.07) is 7.57. The second-order valence-electron chi connectivity index (χ2n) is 5.78. The maximum absolute atomic E-state index is 12.4. The van der Waals surface area contributed by atoms with Crippen LogP contribution in [0.15, 0.2) is 24.3 Å². The molecule has 1 amide bonds. The molecule has 2 rings (SSSR count). The van der Waals surface area contributed by atoms with Crippen LogP contribution in [-0.4, -0.2) is 50.2 Å². The van der Waals surface area contributed by atoms with E-state index < -0.39 is 6.10 Å². The predicted molar refractivity (Wildman–Crippen MR) is 86.4 cm³/mol. The van der Waals surface area contributed by atoms with Gasteiger partial charge in [0.05, 0.1) is 7.11 Å². The van der Waals surface area contributed by atoms with E-state index in [4.69, 9.17) is 9.47 Å². The van der Waals surface area contributed by atoms with Crippen molar-refractivity contribution in [2.45, 2.75) is 38.3 Å². The van der Waals surface area contributed by atoms with Gasteiger partial charge in [-0.25, -0.2) is 0 Å². The minimum absolute atomic E-state index is 0.0205. The number of ether oxygens (including phenoxy) is 2. The molecule has 0 bridgehead atoms. The van der Waals surface area contributed by atoms with Crippen LogP contribution < -0.4 is 14.8 Å². The molecule has 1 atom stereocenters. The second kappa shape index (κ2) is 8.03. The Bertz CT molecular complexity index is 467. The summed E-state index contributed by atoms with van der Waals surface area (Å²) in [5.74, 6) is 1.44. The van der Waals surface area contributed by atoms with Crippen LogP contribution in [0.5, 0.6) is 11.5 Å². The van der Waals surface area contributed by atoms with E-state index in [9.17, 15) is 4.79 Å². The first-order valence-electron chi connectivity index (χ1n) is 7.92. The Hall–Kier alpha value is -1.75. The quantitative estimate of drug-likeness (QED) is 0.874. The molecule has 0 saturated carbocycles. The van der Waals surface area contributed by atoms with Gasteiger partial charge in [0.15, 0.2) is 6.10 Å². The van der Waals surface area contributed by atoms with Crippen molar-refractivity contribution in [1.29, 1.82) is 0 Å². The zero-order chi connectivity index (χ0) is 15.9. The number of hydrogen-bond donors (Lipinski definition) is 1. The summed E-state index contributed by atoms with van der Waals surface area (Å²) in [5, 5.41) is 3.12. The summed E-state index contributed by atoms with van der Waals surface area (Å²) < 4.78 is 10.9. The average Bonchev–Trinajstić information content (AvgIpc) is 2.55. The first-order chi connectivity index (χ1) is 10.6. The molecule has 0 spiro atoms. The van der Waals surface area contributed by atoms with E-state index in [1.54, 1.807) is 7.11 Å². The number of carbonyl (C=O) groups excluding carboxylic acids is 1. The lowest BCUT2D eigenvalue weighted by atomic mass is 10.1. The van der Waals surface area contributed by atoms with Crippen LogP contribution >= 0.6 is 0 Å². The molecular weight excluding hydrogens is 280 g/mol. The Morgan fingerprint density at radius 1 is 1.27 bits per heavy atom. The summed E-state index contributed by atoms with van der Waals surface area (Å²) in [7, 11) is 3.74. The summed E-state index contributed by atoms with van der Waals surface area (Å²) in [6.45, 7) is 4.02. The van der Waals surface area contributed by atoms with Crippen LogP contribution in [-0.2, 0) is 4.79 Å². The van der Waals surface area contributed by atoms with Gasteiger partial charge in [-0.15, -0.1) is 0 Å². The highest BCUT2D eigenvalue weighted by atomic mass is 16.5. The van der Waals surface area contributed by atoms with E-state index in [1.807, 2.05) is 31.2 Å². The standard InChI is InChI=1S/C17H26N2O3/c1-4-16(22-15-7-5-14(21-3)6-8-15)17(20)18-13-9-11-19(2)12-10-13/h5-8,13,16H,4,9-12H2,1-3H3,(H,18,20)/t16-/m0/s1. The third-order valence-corrected chi connectivity index (χ3v) is 4.07. The average molecular weight is 306 g/mol. The van der Waals surface area contributed by atoms with Crippen molar-refractivity contribution in [3.8, 4) is 11.5 Å². The zero-order valence-electron chi connectivity index (χ0n) is 13.7. The SMILES string of the molecule is CC[C@H](Oc1ccc(OC)cc1)C(=O)NC1CCN(C)CC1. The molecule has 1 N–H and O–H groups in total. The van der Waals surface area contributed by atoms with Crippen LogP contribution in [0.1, 0.15) is 26.2 Å². The topological polar surface area (TPSA) is 50.8 Å². The molecule has 0 unspecified atom stereocenters. The van der Waals surface area contributed by atoms with Crippen molar-refractivity contribution < 1.29 is 14.3 Å². The van der Waals surface area contributed by atoms with Crippen LogP contribution in [0.4, 0.5) is 0 Å². The number of hydrogen-bond acceptors (Lipinski definition) is 4. The minimum atomic E-state index is -0.451. The lowest BCUT2D eigenvalue weighted by Gasteiger charge is -2.30. The highest BCUT2D eigenvalue weighted by Crippen LogP contribution is 2.19. The molecule has 5 nitrogen and oxygen atoms in total. The fraction of sp³-hybridized carbons (Fsp3) is 0.588. The number of likely N-dealkylation sites (tertiary alicyclic amines) is 1. The molecule has 22 heavy (non-hydrogen) atoms. The maximum atomic E-state index is 12.4. The van der Waals surface area contributed by atoms with Crippen molar-refractivity contribution in [3.05, 3.63) is 24.3 Å². The Labute approximate surface area is 132 Å². The molecule has 0 aliphatic carbocycles. The highest BCUT2D eigenvalue weighted by Gasteiger charge is 2.24. The molecule has 1 saturated heterocycles. The van der Waals surface area contributed by atoms with Crippen molar-refractivity contribution >= 4 is 5.91 Å². The van der Waals surface area contributed by atoms with E-state index in [1.165, 1.54) is 0 Å². The van der Waals surface area contributed by atoms with Gasteiger partial charge in [-0.05, 0) is 63.7 Å². The lowest BCUT2D eigenvalue weighted by Crippen LogP contribution is -2.47. The van der Waals surface area contributed by atoms with Crippen molar-refractivity contribution in [2.24, 2.45) is 0 Å². The van der Waals surface area contributed by atoms with Gasteiger partial charge in [0, 0.05) is 6.04 Å². The van der Waals surface area contributed by atoms with Gasteiger partial charge in [-0.2, -0.15) is 0 Å².